The van der Waals surface area contributed by atoms with Crippen molar-refractivity contribution in [1.29, 1.82) is 0 Å². The summed E-state index contributed by atoms with van der Waals surface area (Å²) in [6.45, 7) is 5.11. The molecule has 3 unspecified atom stereocenters. The highest BCUT2D eigenvalue weighted by molar-refractivity contribution is 5.88. The number of rotatable bonds is 9. The van der Waals surface area contributed by atoms with Crippen molar-refractivity contribution in [2.45, 2.75) is 52.1 Å². The first-order chi connectivity index (χ1) is 11.3. The number of aliphatic carboxylic acids is 1. The maximum absolute atomic E-state index is 12.3. The van der Waals surface area contributed by atoms with Crippen molar-refractivity contribution in [2.24, 2.45) is 5.92 Å². The van der Waals surface area contributed by atoms with E-state index >= 15 is 0 Å². The van der Waals surface area contributed by atoms with Crippen LogP contribution >= 0.6 is 0 Å². The molecule has 6 nitrogen and oxygen atoms in total. The van der Waals surface area contributed by atoms with Gasteiger partial charge in [-0.05, 0) is 25.8 Å². The number of hydrogen-bond donors (Lipinski definition) is 3. The molecule has 0 bridgehead atoms. The summed E-state index contributed by atoms with van der Waals surface area (Å²) in [5.41, 5.74) is 0.874. The Morgan fingerprint density at radius 2 is 1.71 bits per heavy atom. The van der Waals surface area contributed by atoms with Crippen LogP contribution in [0.25, 0.3) is 0 Å². The van der Waals surface area contributed by atoms with Crippen LogP contribution in [0.3, 0.4) is 0 Å². The van der Waals surface area contributed by atoms with Crippen LogP contribution in [0.5, 0.6) is 0 Å². The van der Waals surface area contributed by atoms with Gasteiger partial charge in [0.05, 0.1) is 12.3 Å². The first kappa shape index (κ1) is 19.7. The van der Waals surface area contributed by atoms with Crippen LogP contribution in [0, 0.1) is 5.92 Å². The average Bonchev–Trinajstić information content (AvgIpc) is 2.54. The van der Waals surface area contributed by atoms with Gasteiger partial charge in [0.25, 0.3) is 0 Å². The molecule has 1 aromatic carbocycles. The van der Waals surface area contributed by atoms with E-state index in [-0.39, 0.29) is 18.2 Å². The van der Waals surface area contributed by atoms with Gasteiger partial charge in [0, 0.05) is 6.04 Å². The Bertz CT molecular complexity index is 559. The molecule has 6 heteroatoms. The van der Waals surface area contributed by atoms with Crippen LogP contribution in [0.1, 0.15) is 39.2 Å². The number of carboxylic acid groups (broad SMARTS) is 1. The van der Waals surface area contributed by atoms with Gasteiger partial charge in [-0.2, -0.15) is 0 Å². The molecule has 0 saturated heterocycles. The molecule has 24 heavy (non-hydrogen) atoms. The number of carbonyl (C=O) groups excluding carboxylic acids is 2. The molecule has 0 aliphatic heterocycles. The Hall–Kier alpha value is -2.37. The van der Waals surface area contributed by atoms with Gasteiger partial charge in [0.15, 0.2) is 0 Å². The predicted molar refractivity (Wildman–Crippen MR) is 91.4 cm³/mol. The third-order valence-corrected chi connectivity index (χ3v) is 3.95. The Morgan fingerprint density at radius 1 is 1.08 bits per heavy atom. The second-order valence-corrected chi connectivity index (χ2v) is 6.00. The summed E-state index contributed by atoms with van der Waals surface area (Å²) in [4.78, 5) is 35.5. The summed E-state index contributed by atoms with van der Waals surface area (Å²) in [7, 11) is 0. The fourth-order valence-electron chi connectivity index (χ4n) is 2.25. The highest BCUT2D eigenvalue weighted by atomic mass is 16.4. The number of carbonyl (C=O) groups is 3. The number of benzene rings is 1. The predicted octanol–water partition coefficient (Wildman–Crippen LogP) is 1.74. The van der Waals surface area contributed by atoms with E-state index in [1.807, 2.05) is 37.3 Å². The summed E-state index contributed by atoms with van der Waals surface area (Å²) in [6.07, 6.45) is 1.43. The SMILES string of the molecule is CCCC(NC(=O)Cc1ccccc1)C(=O)NC(C)C(C)C(=O)O. The summed E-state index contributed by atoms with van der Waals surface area (Å²) in [5, 5.41) is 14.4. The maximum Gasteiger partial charge on any atom is 0.308 e. The minimum absolute atomic E-state index is 0.204. The van der Waals surface area contributed by atoms with Crippen LogP contribution in [-0.2, 0) is 20.8 Å². The minimum atomic E-state index is -0.969. The number of hydrogen-bond acceptors (Lipinski definition) is 3. The van der Waals surface area contributed by atoms with E-state index in [2.05, 4.69) is 10.6 Å². The van der Waals surface area contributed by atoms with E-state index in [4.69, 9.17) is 5.11 Å². The first-order valence-electron chi connectivity index (χ1n) is 8.21. The summed E-state index contributed by atoms with van der Waals surface area (Å²) < 4.78 is 0. The van der Waals surface area contributed by atoms with Gasteiger partial charge in [-0.25, -0.2) is 0 Å². The molecule has 0 aliphatic rings. The molecule has 0 aliphatic carbocycles. The standard InChI is InChI=1S/C18H26N2O4/c1-4-8-15(17(22)19-13(3)12(2)18(23)24)20-16(21)11-14-9-6-5-7-10-14/h5-7,9-10,12-13,15H,4,8,11H2,1-3H3,(H,19,22)(H,20,21)(H,23,24). The zero-order chi connectivity index (χ0) is 18.1. The fourth-order valence-corrected chi connectivity index (χ4v) is 2.25. The van der Waals surface area contributed by atoms with E-state index in [1.165, 1.54) is 6.92 Å². The number of amides is 2. The minimum Gasteiger partial charge on any atom is -0.481 e. The van der Waals surface area contributed by atoms with Gasteiger partial charge in [0.1, 0.15) is 6.04 Å². The van der Waals surface area contributed by atoms with E-state index in [9.17, 15) is 14.4 Å². The summed E-state index contributed by atoms with van der Waals surface area (Å²) >= 11 is 0. The quantitative estimate of drug-likeness (QED) is 0.641. The molecule has 0 heterocycles. The van der Waals surface area contributed by atoms with E-state index < -0.39 is 24.0 Å². The van der Waals surface area contributed by atoms with Crippen molar-refractivity contribution >= 4 is 17.8 Å². The van der Waals surface area contributed by atoms with Crippen LogP contribution in [0.15, 0.2) is 30.3 Å². The first-order valence-corrected chi connectivity index (χ1v) is 8.21. The molecule has 1 aromatic rings. The van der Waals surface area contributed by atoms with E-state index in [0.717, 1.165) is 12.0 Å². The van der Waals surface area contributed by atoms with Crippen LogP contribution in [0.4, 0.5) is 0 Å². The van der Waals surface area contributed by atoms with E-state index in [0.29, 0.717) is 6.42 Å². The Kier molecular flexibility index (Phi) is 7.95. The molecular weight excluding hydrogens is 308 g/mol. The van der Waals surface area contributed by atoms with Crippen molar-refractivity contribution in [2.75, 3.05) is 0 Å². The van der Waals surface area contributed by atoms with Gasteiger partial charge in [-0.15, -0.1) is 0 Å². The van der Waals surface area contributed by atoms with Crippen molar-refractivity contribution in [3.05, 3.63) is 35.9 Å². The molecule has 3 atom stereocenters. The van der Waals surface area contributed by atoms with Gasteiger partial charge in [-0.3, -0.25) is 14.4 Å². The topological polar surface area (TPSA) is 95.5 Å². The second kappa shape index (κ2) is 9.70. The van der Waals surface area contributed by atoms with Crippen LogP contribution < -0.4 is 10.6 Å². The highest BCUT2D eigenvalue weighted by Crippen LogP contribution is 2.06. The van der Waals surface area contributed by atoms with Crippen molar-refractivity contribution in [3.63, 3.8) is 0 Å². The molecule has 0 radical (unpaired) electrons. The normalized spacial score (nSPS) is 14.3. The van der Waals surface area contributed by atoms with Crippen LogP contribution in [0.2, 0.25) is 0 Å². The average molecular weight is 334 g/mol. The van der Waals surface area contributed by atoms with Crippen molar-refractivity contribution < 1.29 is 19.5 Å². The lowest BCUT2D eigenvalue weighted by atomic mass is 10.0. The number of nitrogens with one attached hydrogen (secondary N) is 2. The fraction of sp³-hybridized carbons (Fsp3) is 0.500. The lowest BCUT2D eigenvalue weighted by Crippen LogP contribution is -2.51. The third kappa shape index (κ3) is 6.40. The Morgan fingerprint density at radius 3 is 2.25 bits per heavy atom. The Labute approximate surface area is 142 Å². The summed E-state index contributed by atoms with van der Waals surface area (Å²) in [5.74, 6) is -2.24. The molecular formula is C18H26N2O4. The molecule has 3 N–H and O–H groups in total. The van der Waals surface area contributed by atoms with Gasteiger partial charge >= 0.3 is 5.97 Å². The van der Waals surface area contributed by atoms with Gasteiger partial charge < -0.3 is 15.7 Å². The molecule has 2 amide bonds. The second-order valence-electron chi connectivity index (χ2n) is 6.00. The third-order valence-electron chi connectivity index (χ3n) is 3.95. The number of carboxylic acids is 1. The lowest BCUT2D eigenvalue weighted by molar-refractivity contribution is -0.142. The smallest absolute Gasteiger partial charge is 0.308 e. The molecule has 1 rings (SSSR count). The molecule has 0 aromatic heterocycles. The largest absolute Gasteiger partial charge is 0.481 e. The molecule has 0 fully saturated rings. The highest BCUT2D eigenvalue weighted by Gasteiger charge is 2.25. The monoisotopic (exact) mass is 334 g/mol. The Balaban J connectivity index is 2.63. The maximum atomic E-state index is 12.3. The van der Waals surface area contributed by atoms with Gasteiger partial charge in [-0.1, -0.05) is 43.7 Å². The van der Waals surface area contributed by atoms with Crippen LogP contribution in [-0.4, -0.2) is 35.0 Å². The van der Waals surface area contributed by atoms with E-state index in [1.54, 1.807) is 6.92 Å². The van der Waals surface area contributed by atoms with Crippen molar-refractivity contribution in [3.8, 4) is 0 Å². The zero-order valence-corrected chi connectivity index (χ0v) is 14.4. The molecule has 0 spiro atoms. The van der Waals surface area contributed by atoms with Crippen molar-refractivity contribution in [1.82, 2.24) is 10.6 Å². The lowest BCUT2D eigenvalue weighted by Gasteiger charge is -2.23. The zero-order valence-electron chi connectivity index (χ0n) is 14.4. The molecule has 132 valence electrons. The van der Waals surface area contributed by atoms with Gasteiger partial charge in [0.2, 0.25) is 11.8 Å². The molecule has 0 saturated carbocycles. The summed E-state index contributed by atoms with van der Waals surface area (Å²) in [6, 6.07) is 8.12.